The summed E-state index contributed by atoms with van der Waals surface area (Å²) < 4.78 is 0. The molecule has 0 fully saturated rings. The van der Waals surface area contributed by atoms with Gasteiger partial charge in [0.1, 0.15) is 0 Å². The topological polar surface area (TPSA) is 120 Å². The molecule has 0 aromatic heterocycles. The van der Waals surface area contributed by atoms with Gasteiger partial charge in [0, 0.05) is 25.1 Å². The highest BCUT2D eigenvalue weighted by atomic mass is 16.2. The van der Waals surface area contributed by atoms with Crippen molar-refractivity contribution in [3.8, 4) is 0 Å². The van der Waals surface area contributed by atoms with Crippen molar-refractivity contribution in [1.29, 1.82) is 0 Å². The fourth-order valence-electron chi connectivity index (χ4n) is 4.83. The average molecular weight is 645 g/mol. The summed E-state index contributed by atoms with van der Waals surface area (Å²) in [5, 5.41) is 16.3. The molecule has 0 atom stereocenters. The highest BCUT2D eigenvalue weighted by Crippen LogP contribution is 2.22. The molecule has 1 aliphatic rings. The molecule has 2 aromatic rings. The van der Waals surface area contributed by atoms with E-state index in [4.69, 9.17) is 5.73 Å². The van der Waals surface area contributed by atoms with E-state index in [2.05, 4.69) is 71.6 Å². The van der Waals surface area contributed by atoms with Gasteiger partial charge in [0.2, 0.25) is 5.91 Å². The maximum absolute atomic E-state index is 12.6. The number of nitrogens with two attached hydrogens (primary N) is 1. The predicted octanol–water partition coefficient (Wildman–Crippen LogP) is 5.96. The molecule has 2 amide bonds. The van der Waals surface area contributed by atoms with Crippen LogP contribution in [0.5, 0.6) is 0 Å². The Morgan fingerprint density at radius 1 is 0.745 bits per heavy atom. The number of allylic oxidation sites excluding steroid dienone is 4. The van der Waals surface area contributed by atoms with Crippen LogP contribution in [0.25, 0.3) is 0 Å². The van der Waals surface area contributed by atoms with Gasteiger partial charge in [0.05, 0.1) is 11.4 Å². The third kappa shape index (κ3) is 16.6. The maximum Gasteiger partial charge on any atom is 0.255 e. The first-order valence-corrected chi connectivity index (χ1v) is 17.4. The summed E-state index contributed by atoms with van der Waals surface area (Å²) in [7, 11) is 0. The summed E-state index contributed by atoms with van der Waals surface area (Å²) in [4.78, 5) is 24.8. The summed E-state index contributed by atoms with van der Waals surface area (Å²) in [6.45, 7) is 17.0. The number of carbonyl (C=O) groups excluding carboxylic acids is 2. The van der Waals surface area contributed by atoms with E-state index in [1.54, 1.807) is 18.2 Å². The van der Waals surface area contributed by atoms with Crippen LogP contribution in [0.15, 0.2) is 84.2 Å². The van der Waals surface area contributed by atoms with Crippen molar-refractivity contribution in [2.24, 2.45) is 5.73 Å². The molecule has 2 aromatic carbocycles. The van der Waals surface area contributed by atoms with E-state index < -0.39 is 0 Å². The standard InChI is InChI=1S/C37H54N6O2.C2H6/c1-37(2,3)32-20-16-29(17-21-32)27-41-23-8-7-22-39-25-10-26-40-24-9-13-35(44)42-28-30-14-18-31(19-15-30)36(45)43-34-12-6-4-5-11-33(34)38;1-2/h4,6,11-12,14-21,39-41H,5,7-10,13,22-28,38H2,1-3H3,(H,42,44)(H,43,45);1-2H3. The number of nitrogens with one attached hydrogen (secondary N) is 5. The number of benzene rings is 2. The third-order valence-corrected chi connectivity index (χ3v) is 7.71. The number of hydrogen-bond acceptors (Lipinski definition) is 6. The van der Waals surface area contributed by atoms with Crippen molar-refractivity contribution in [2.45, 2.75) is 91.6 Å². The van der Waals surface area contributed by atoms with Crippen LogP contribution in [0.2, 0.25) is 0 Å². The van der Waals surface area contributed by atoms with Crippen molar-refractivity contribution >= 4 is 11.8 Å². The Morgan fingerprint density at radius 2 is 1.32 bits per heavy atom. The summed E-state index contributed by atoms with van der Waals surface area (Å²) in [5.74, 6) is -0.187. The van der Waals surface area contributed by atoms with Crippen LogP contribution < -0.4 is 32.3 Å². The molecule has 0 spiro atoms. The molecule has 47 heavy (non-hydrogen) atoms. The quantitative estimate of drug-likeness (QED) is 0.105. The lowest BCUT2D eigenvalue weighted by Gasteiger charge is -2.19. The zero-order valence-electron chi connectivity index (χ0n) is 29.5. The monoisotopic (exact) mass is 644 g/mol. The van der Waals surface area contributed by atoms with E-state index in [-0.39, 0.29) is 17.2 Å². The molecule has 0 aliphatic heterocycles. The molecule has 8 heteroatoms. The lowest BCUT2D eigenvalue weighted by Crippen LogP contribution is -2.26. The first kappa shape index (κ1) is 39.5. The molecule has 0 unspecified atom stereocenters. The summed E-state index contributed by atoms with van der Waals surface area (Å²) in [5.41, 5.74) is 11.6. The molecule has 3 rings (SSSR count). The van der Waals surface area contributed by atoms with Gasteiger partial charge >= 0.3 is 0 Å². The van der Waals surface area contributed by atoms with Gasteiger partial charge in [0.15, 0.2) is 0 Å². The summed E-state index contributed by atoms with van der Waals surface area (Å²) in [6, 6.07) is 16.2. The maximum atomic E-state index is 12.6. The zero-order valence-corrected chi connectivity index (χ0v) is 29.5. The number of amides is 2. The smallest absolute Gasteiger partial charge is 0.255 e. The highest BCUT2D eigenvalue weighted by Gasteiger charge is 2.13. The van der Waals surface area contributed by atoms with Crippen LogP contribution in [0, 0.1) is 0 Å². The minimum Gasteiger partial charge on any atom is -0.397 e. The summed E-state index contributed by atoms with van der Waals surface area (Å²) in [6.07, 6.45) is 13.0. The average Bonchev–Trinajstić information content (AvgIpc) is 3.28. The molecule has 0 radical (unpaired) electrons. The highest BCUT2D eigenvalue weighted by molar-refractivity contribution is 5.95. The fraction of sp³-hybridized carbons (Fsp3) is 0.487. The zero-order chi connectivity index (χ0) is 34.3. The molecular formula is C39H60N6O2. The first-order chi connectivity index (χ1) is 22.7. The Kier molecular flexibility index (Phi) is 19.1. The molecule has 0 heterocycles. The molecule has 258 valence electrons. The van der Waals surface area contributed by atoms with Gasteiger partial charge in [-0.2, -0.15) is 0 Å². The molecule has 1 aliphatic carbocycles. The van der Waals surface area contributed by atoms with Gasteiger partial charge < -0.3 is 32.3 Å². The Labute approximate surface area is 284 Å². The number of hydrogen-bond donors (Lipinski definition) is 6. The van der Waals surface area contributed by atoms with Gasteiger partial charge in [-0.3, -0.25) is 9.59 Å². The molecule has 0 saturated heterocycles. The van der Waals surface area contributed by atoms with Gasteiger partial charge in [-0.15, -0.1) is 0 Å². The molecule has 0 bridgehead atoms. The van der Waals surface area contributed by atoms with E-state index in [9.17, 15) is 9.59 Å². The lowest BCUT2D eigenvalue weighted by molar-refractivity contribution is -0.121. The Bertz CT molecular complexity index is 1270. The fourth-order valence-corrected chi connectivity index (χ4v) is 4.83. The SMILES string of the molecule is CC.CC(C)(C)c1ccc(CNCCCCNCCCNCCCC(=O)NCc2ccc(C(=O)NC3=CC=CCC=C3N)cc2)cc1. The predicted molar refractivity (Wildman–Crippen MR) is 197 cm³/mol. The van der Waals surface area contributed by atoms with Gasteiger partial charge in [0.25, 0.3) is 5.91 Å². The molecule has 7 N–H and O–H groups in total. The molecule has 8 nitrogen and oxygen atoms in total. The minimum absolute atomic E-state index is 0.0313. The Balaban J connectivity index is 0.00000376. The number of unbranched alkanes of at least 4 members (excludes halogenated alkanes) is 1. The lowest BCUT2D eigenvalue weighted by atomic mass is 9.87. The minimum atomic E-state index is -0.218. The third-order valence-electron chi connectivity index (χ3n) is 7.71. The van der Waals surface area contributed by atoms with E-state index in [0.29, 0.717) is 29.9 Å². The number of rotatable bonds is 19. The van der Waals surface area contributed by atoms with Crippen molar-refractivity contribution < 1.29 is 9.59 Å². The van der Waals surface area contributed by atoms with Crippen LogP contribution in [-0.2, 0) is 23.3 Å². The van der Waals surface area contributed by atoms with E-state index in [1.165, 1.54) is 24.0 Å². The van der Waals surface area contributed by atoms with E-state index in [1.807, 2.05) is 44.2 Å². The first-order valence-electron chi connectivity index (χ1n) is 17.4. The van der Waals surface area contributed by atoms with Gasteiger partial charge in [-0.25, -0.2) is 0 Å². The Morgan fingerprint density at radius 3 is 1.98 bits per heavy atom. The van der Waals surface area contributed by atoms with Crippen LogP contribution >= 0.6 is 0 Å². The second kappa shape index (κ2) is 22.7. The van der Waals surface area contributed by atoms with Crippen molar-refractivity contribution in [2.75, 3.05) is 32.7 Å². The van der Waals surface area contributed by atoms with Crippen LogP contribution in [-0.4, -0.2) is 44.5 Å². The Hall–Kier alpha value is -3.72. The van der Waals surface area contributed by atoms with Crippen molar-refractivity contribution in [3.05, 3.63) is 106 Å². The molecule has 0 saturated carbocycles. The van der Waals surface area contributed by atoms with Gasteiger partial charge in [-0.05, 0) is 105 Å². The van der Waals surface area contributed by atoms with E-state index >= 15 is 0 Å². The second-order valence-corrected chi connectivity index (χ2v) is 12.6. The van der Waals surface area contributed by atoms with E-state index in [0.717, 1.165) is 64.1 Å². The number of carbonyl (C=O) groups is 2. The largest absolute Gasteiger partial charge is 0.397 e. The van der Waals surface area contributed by atoms with Crippen LogP contribution in [0.4, 0.5) is 0 Å². The van der Waals surface area contributed by atoms with Crippen LogP contribution in [0.1, 0.15) is 100 Å². The summed E-state index contributed by atoms with van der Waals surface area (Å²) >= 11 is 0. The second-order valence-electron chi connectivity index (χ2n) is 12.6. The molecular weight excluding hydrogens is 584 g/mol. The van der Waals surface area contributed by atoms with Gasteiger partial charge in [-0.1, -0.05) is 89.2 Å². The normalized spacial score (nSPS) is 12.7. The van der Waals surface area contributed by atoms with Crippen molar-refractivity contribution in [3.63, 3.8) is 0 Å². The van der Waals surface area contributed by atoms with Crippen LogP contribution in [0.3, 0.4) is 0 Å². The van der Waals surface area contributed by atoms with Crippen molar-refractivity contribution in [1.82, 2.24) is 26.6 Å².